The van der Waals surface area contributed by atoms with Gasteiger partial charge in [-0.2, -0.15) is 0 Å². The number of piperidine rings is 1. The lowest BCUT2D eigenvalue weighted by Gasteiger charge is -2.33. The lowest BCUT2D eigenvalue weighted by molar-refractivity contribution is -0.143. The van der Waals surface area contributed by atoms with Gasteiger partial charge in [-0.05, 0) is 50.3 Å². The average molecular weight is 396 g/mol. The van der Waals surface area contributed by atoms with Crippen LogP contribution < -0.4 is 5.32 Å². The summed E-state index contributed by atoms with van der Waals surface area (Å²) in [6.45, 7) is 1.20. The standard InChI is InChI=1S/C21H24N4O4/c26-19(17-13-22-18-9-2-4-10-24(17)18)23-15-7-5-6-14(12-15)20(27)25-11-3-1-8-16(25)21(28)29/h5-7,12-13,16H,1-4,8-11H2,(H,23,26)(H,28,29). The predicted molar refractivity (Wildman–Crippen MR) is 106 cm³/mol. The molecule has 29 heavy (non-hydrogen) atoms. The van der Waals surface area contributed by atoms with Gasteiger partial charge in [0.15, 0.2) is 0 Å². The molecule has 1 aromatic carbocycles. The van der Waals surface area contributed by atoms with Crippen molar-refractivity contribution in [2.24, 2.45) is 0 Å². The highest BCUT2D eigenvalue weighted by Crippen LogP contribution is 2.22. The molecular formula is C21H24N4O4. The number of benzene rings is 1. The van der Waals surface area contributed by atoms with Crippen LogP contribution in [0.1, 0.15) is 58.8 Å². The summed E-state index contributed by atoms with van der Waals surface area (Å²) in [5.74, 6) is -0.644. The largest absolute Gasteiger partial charge is 0.480 e. The zero-order valence-electron chi connectivity index (χ0n) is 16.1. The Morgan fingerprint density at radius 3 is 2.76 bits per heavy atom. The number of aryl methyl sites for hydroxylation is 1. The monoisotopic (exact) mass is 396 g/mol. The Balaban J connectivity index is 1.51. The summed E-state index contributed by atoms with van der Waals surface area (Å²) in [4.78, 5) is 42.9. The highest BCUT2D eigenvalue weighted by molar-refractivity contribution is 6.04. The minimum atomic E-state index is -0.979. The van der Waals surface area contributed by atoms with Crippen LogP contribution in [0.2, 0.25) is 0 Å². The van der Waals surface area contributed by atoms with Gasteiger partial charge in [-0.15, -0.1) is 0 Å². The van der Waals surface area contributed by atoms with Crippen molar-refractivity contribution in [3.63, 3.8) is 0 Å². The van der Waals surface area contributed by atoms with Crippen LogP contribution in [-0.2, 0) is 17.8 Å². The van der Waals surface area contributed by atoms with Crippen molar-refractivity contribution in [3.05, 3.63) is 47.5 Å². The first-order chi connectivity index (χ1) is 14.0. The fourth-order valence-electron chi connectivity index (χ4n) is 4.12. The van der Waals surface area contributed by atoms with Gasteiger partial charge in [0.1, 0.15) is 17.6 Å². The van der Waals surface area contributed by atoms with E-state index >= 15 is 0 Å². The van der Waals surface area contributed by atoms with Crippen molar-refractivity contribution in [1.29, 1.82) is 0 Å². The summed E-state index contributed by atoms with van der Waals surface area (Å²) in [6, 6.07) is 5.85. The minimum Gasteiger partial charge on any atom is -0.480 e. The Hall–Kier alpha value is -3.16. The number of hydrogen-bond donors (Lipinski definition) is 2. The minimum absolute atomic E-state index is 0.267. The Morgan fingerprint density at radius 2 is 1.93 bits per heavy atom. The van der Waals surface area contributed by atoms with E-state index in [9.17, 15) is 19.5 Å². The number of carboxylic acid groups (broad SMARTS) is 1. The van der Waals surface area contributed by atoms with E-state index < -0.39 is 12.0 Å². The van der Waals surface area contributed by atoms with Crippen LogP contribution in [0.25, 0.3) is 0 Å². The van der Waals surface area contributed by atoms with Gasteiger partial charge in [0, 0.05) is 30.8 Å². The maximum atomic E-state index is 12.9. The zero-order valence-corrected chi connectivity index (χ0v) is 16.1. The van der Waals surface area contributed by atoms with E-state index in [0.29, 0.717) is 29.9 Å². The van der Waals surface area contributed by atoms with Crippen LogP contribution >= 0.6 is 0 Å². The maximum absolute atomic E-state index is 12.9. The predicted octanol–water partition coefficient (Wildman–Crippen LogP) is 2.55. The van der Waals surface area contributed by atoms with Crippen LogP contribution in [0, 0.1) is 0 Å². The second kappa shape index (κ2) is 8.06. The van der Waals surface area contributed by atoms with E-state index in [1.54, 1.807) is 30.5 Å². The number of aromatic nitrogens is 2. The molecule has 2 aromatic rings. The summed E-state index contributed by atoms with van der Waals surface area (Å²) in [7, 11) is 0. The average Bonchev–Trinajstić information content (AvgIpc) is 3.18. The molecule has 0 aliphatic carbocycles. The van der Waals surface area contributed by atoms with Gasteiger partial charge in [-0.25, -0.2) is 9.78 Å². The number of anilines is 1. The van der Waals surface area contributed by atoms with Crippen molar-refractivity contribution >= 4 is 23.5 Å². The van der Waals surface area contributed by atoms with E-state index in [1.807, 2.05) is 4.57 Å². The van der Waals surface area contributed by atoms with Crippen LogP contribution in [-0.4, -0.2) is 49.9 Å². The van der Waals surface area contributed by atoms with Crippen LogP contribution in [0.5, 0.6) is 0 Å². The molecule has 4 rings (SSSR count). The van der Waals surface area contributed by atoms with Crippen LogP contribution in [0.15, 0.2) is 30.5 Å². The first-order valence-electron chi connectivity index (χ1n) is 10.0. The van der Waals surface area contributed by atoms with Gasteiger partial charge in [0.2, 0.25) is 0 Å². The van der Waals surface area contributed by atoms with Crippen LogP contribution in [0.4, 0.5) is 5.69 Å². The smallest absolute Gasteiger partial charge is 0.326 e. The van der Waals surface area contributed by atoms with E-state index in [-0.39, 0.29) is 11.8 Å². The van der Waals surface area contributed by atoms with Crippen molar-refractivity contribution in [2.75, 3.05) is 11.9 Å². The quantitative estimate of drug-likeness (QED) is 0.826. The van der Waals surface area contributed by atoms with Gasteiger partial charge >= 0.3 is 5.97 Å². The summed E-state index contributed by atoms with van der Waals surface area (Å²) in [5, 5.41) is 12.3. The molecule has 1 aromatic heterocycles. The summed E-state index contributed by atoms with van der Waals surface area (Å²) < 4.78 is 1.94. The molecule has 8 heteroatoms. The maximum Gasteiger partial charge on any atom is 0.326 e. The fourth-order valence-corrected chi connectivity index (χ4v) is 4.12. The molecule has 2 aliphatic heterocycles. The number of nitrogens with zero attached hydrogens (tertiary/aromatic N) is 3. The third-order valence-electron chi connectivity index (χ3n) is 5.62. The molecule has 2 N–H and O–H groups in total. The number of rotatable bonds is 4. The normalized spacial score (nSPS) is 18.8. The molecule has 2 amide bonds. The molecule has 3 heterocycles. The van der Waals surface area contributed by atoms with Gasteiger partial charge < -0.3 is 19.9 Å². The Morgan fingerprint density at radius 1 is 1.10 bits per heavy atom. The number of imidazole rings is 1. The number of aliphatic carboxylic acids is 1. The van der Waals surface area contributed by atoms with Crippen molar-refractivity contribution in [1.82, 2.24) is 14.5 Å². The number of carboxylic acids is 1. The van der Waals surface area contributed by atoms with Crippen molar-refractivity contribution in [2.45, 2.75) is 51.1 Å². The molecule has 1 fully saturated rings. The second-order valence-corrected chi connectivity index (χ2v) is 7.55. The molecule has 0 saturated carbocycles. The third-order valence-corrected chi connectivity index (χ3v) is 5.62. The first-order valence-corrected chi connectivity index (χ1v) is 10.0. The van der Waals surface area contributed by atoms with Crippen molar-refractivity contribution in [3.8, 4) is 0 Å². The highest BCUT2D eigenvalue weighted by Gasteiger charge is 2.32. The van der Waals surface area contributed by atoms with Crippen LogP contribution in [0.3, 0.4) is 0 Å². The second-order valence-electron chi connectivity index (χ2n) is 7.55. The Labute approximate surface area is 168 Å². The Kier molecular flexibility index (Phi) is 5.33. The first kappa shape index (κ1) is 19.2. The molecule has 152 valence electrons. The summed E-state index contributed by atoms with van der Waals surface area (Å²) in [6.07, 6.45) is 6.62. The van der Waals surface area contributed by atoms with Gasteiger partial charge in [0.25, 0.3) is 11.8 Å². The molecule has 8 nitrogen and oxygen atoms in total. The SMILES string of the molecule is O=C(Nc1cccc(C(=O)N2CCCCC2C(=O)O)c1)c1cnc2n1CCCC2. The van der Waals surface area contributed by atoms with Gasteiger partial charge in [0.05, 0.1) is 6.20 Å². The summed E-state index contributed by atoms with van der Waals surface area (Å²) >= 11 is 0. The number of carbonyl (C=O) groups excluding carboxylic acids is 2. The van der Waals surface area contributed by atoms with Crippen molar-refractivity contribution < 1.29 is 19.5 Å². The van der Waals surface area contributed by atoms with Gasteiger partial charge in [-0.3, -0.25) is 9.59 Å². The third kappa shape index (κ3) is 3.87. The van der Waals surface area contributed by atoms with E-state index in [1.165, 1.54) is 4.90 Å². The molecule has 0 bridgehead atoms. The number of hydrogen-bond acceptors (Lipinski definition) is 4. The van der Waals surface area contributed by atoms with E-state index in [2.05, 4.69) is 10.3 Å². The summed E-state index contributed by atoms with van der Waals surface area (Å²) in [5.41, 5.74) is 1.38. The van der Waals surface area contributed by atoms with E-state index in [4.69, 9.17) is 0 Å². The number of carbonyl (C=O) groups is 3. The number of likely N-dealkylation sites (tertiary alicyclic amines) is 1. The molecule has 1 saturated heterocycles. The molecular weight excluding hydrogens is 372 g/mol. The fraction of sp³-hybridized carbons (Fsp3) is 0.429. The number of amides is 2. The molecule has 1 unspecified atom stereocenters. The number of fused-ring (bicyclic) bond motifs is 1. The van der Waals surface area contributed by atoms with E-state index in [0.717, 1.165) is 44.5 Å². The van der Waals surface area contributed by atoms with Gasteiger partial charge in [-0.1, -0.05) is 6.07 Å². The molecule has 0 radical (unpaired) electrons. The highest BCUT2D eigenvalue weighted by atomic mass is 16.4. The topological polar surface area (TPSA) is 105 Å². The lowest BCUT2D eigenvalue weighted by atomic mass is 10.0. The number of nitrogens with one attached hydrogen (secondary N) is 1. The Bertz CT molecular complexity index is 952. The molecule has 2 aliphatic rings. The molecule has 0 spiro atoms. The lowest BCUT2D eigenvalue weighted by Crippen LogP contribution is -2.48. The zero-order chi connectivity index (χ0) is 20.4. The molecule has 1 atom stereocenters.